The third-order valence-electron chi connectivity index (χ3n) is 3.52. The van der Waals surface area contributed by atoms with Crippen molar-refractivity contribution in [2.45, 2.75) is 26.7 Å². The van der Waals surface area contributed by atoms with Crippen LogP contribution in [-0.4, -0.2) is 30.1 Å². The summed E-state index contributed by atoms with van der Waals surface area (Å²) in [4.78, 5) is 25.2. The molecule has 0 saturated carbocycles. The minimum atomic E-state index is -0.00431. The molecule has 1 aromatic carbocycles. The second-order valence-electron chi connectivity index (χ2n) is 5.95. The van der Waals surface area contributed by atoms with Gasteiger partial charge in [-0.15, -0.1) is 0 Å². The number of nitrogens with one attached hydrogen (secondary N) is 1. The van der Waals surface area contributed by atoms with E-state index in [1.165, 1.54) is 0 Å². The third-order valence-corrected chi connectivity index (χ3v) is 3.52. The summed E-state index contributed by atoms with van der Waals surface area (Å²) in [5.41, 5.74) is 1.53. The van der Waals surface area contributed by atoms with Crippen molar-refractivity contribution in [3.63, 3.8) is 0 Å². The minimum absolute atomic E-state index is 0.00431. The molecule has 1 heterocycles. The number of hydrogen-bond donors (Lipinski definition) is 2. The van der Waals surface area contributed by atoms with Gasteiger partial charge in [0.1, 0.15) is 0 Å². The number of aliphatic hydroxyl groups is 1. The molecule has 1 atom stereocenters. The Hall–Kier alpha value is -1.88. The molecule has 0 aromatic heterocycles. The molecule has 2 N–H and O–H groups in total. The van der Waals surface area contributed by atoms with Gasteiger partial charge in [0.15, 0.2) is 0 Å². The summed E-state index contributed by atoms with van der Waals surface area (Å²) in [5, 5.41) is 12.0. The average Bonchev–Trinajstić information content (AvgIpc) is 2.80. The van der Waals surface area contributed by atoms with E-state index in [2.05, 4.69) is 5.32 Å². The zero-order valence-corrected chi connectivity index (χ0v) is 12.5. The molecule has 5 heteroatoms. The third kappa shape index (κ3) is 4.04. The van der Waals surface area contributed by atoms with E-state index in [1.807, 2.05) is 26.0 Å². The molecule has 2 amide bonds. The van der Waals surface area contributed by atoms with Crippen LogP contribution in [0.5, 0.6) is 0 Å². The molecule has 1 aromatic rings. The molecule has 1 fully saturated rings. The fourth-order valence-corrected chi connectivity index (χ4v) is 2.46. The fourth-order valence-electron chi connectivity index (χ4n) is 2.46. The zero-order chi connectivity index (χ0) is 15.4. The molecular weight excluding hydrogens is 268 g/mol. The van der Waals surface area contributed by atoms with Gasteiger partial charge in [-0.2, -0.15) is 0 Å². The van der Waals surface area contributed by atoms with Gasteiger partial charge in [0.2, 0.25) is 11.8 Å². The molecule has 114 valence electrons. The highest BCUT2D eigenvalue weighted by molar-refractivity contribution is 5.96. The Labute approximate surface area is 125 Å². The molecule has 5 nitrogen and oxygen atoms in total. The monoisotopic (exact) mass is 290 g/mol. The van der Waals surface area contributed by atoms with E-state index in [0.717, 1.165) is 11.4 Å². The van der Waals surface area contributed by atoms with Crippen LogP contribution < -0.4 is 10.2 Å². The van der Waals surface area contributed by atoms with Crippen LogP contribution in [0.4, 0.5) is 11.4 Å². The smallest absolute Gasteiger partial charge is 0.227 e. The van der Waals surface area contributed by atoms with E-state index >= 15 is 0 Å². The SMILES string of the molecule is CC(C)CC(=O)Nc1ccc(N2CC(CO)CC2=O)cc1. The second kappa shape index (κ2) is 6.72. The van der Waals surface area contributed by atoms with Gasteiger partial charge in [-0.05, 0) is 30.2 Å². The summed E-state index contributed by atoms with van der Waals surface area (Å²) in [6, 6.07) is 7.24. The second-order valence-corrected chi connectivity index (χ2v) is 5.95. The van der Waals surface area contributed by atoms with Gasteiger partial charge in [-0.3, -0.25) is 9.59 Å². The van der Waals surface area contributed by atoms with E-state index in [4.69, 9.17) is 5.11 Å². The molecule has 0 aliphatic carbocycles. The van der Waals surface area contributed by atoms with Crippen LogP contribution in [0.2, 0.25) is 0 Å². The molecule has 1 aliphatic heterocycles. The summed E-state index contributed by atoms with van der Waals surface area (Å²) < 4.78 is 0. The first-order chi connectivity index (χ1) is 9.99. The first kappa shape index (κ1) is 15.5. The number of carbonyl (C=O) groups excluding carboxylic acids is 2. The largest absolute Gasteiger partial charge is 0.396 e. The highest BCUT2D eigenvalue weighted by atomic mass is 16.3. The van der Waals surface area contributed by atoms with Gasteiger partial charge in [-0.1, -0.05) is 13.8 Å². The number of amides is 2. The van der Waals surface area contributed by atoms with Crippen LogP contribution in [0, 0.1) is 11.8 Å². The molecule has 1 aliphatic rings. The van der Waals surface area contributed by atoms with Crippen molar-refractivity contribution in [3.8, 4) is 0 Å². The Kier molecular flexibility index (Phi) is 4.96. The summed E-state index contributed by atoms with van der Waals surface area (Å²) in [7, 11) is 0. The van der Waals surface area contributed by atoms with E-state index in [1.54, 1.807) is 17.0 Å². The Morgan fingerprint density at radius 3 is 2.57 bits per heavy atom. The maximum absolute atomic E-state index is 11.9. The Morgan fingerprint density at radius 1 is 1.38 bits per heavy atom. The lowest BCUT2D eigenvalue weighted by Crippen LogP contribution is -2.24. The van der Waals surface area contributed by atoms with Crippen molar-refractivity contribution in [1.82, 2.24) is 0 Å². The predicted molar refractivity (Wildman–Crippen MR) is 82.1 cm³/mol. The quantitative estimate of drug-likeness (QED) is 0.871. The van der Waals surface area contributed by atoms with Gasteiger partial charge in [0.05, 0.1) is 0 Å². The van der Waals surface area contributed by atoms with Crippen molar-refractivity contribution < 1.29 is 14.7 Å². The number of anilines is 2. The van der Waals surface area contributed by atoms with Crippen molar-refractivity contribution in [3.05, 3.63) is 24.3 Å². The van der Waals surface area contributed by atoms with Crippen molar-refractivity contribution in [2.24, 2.45) is 11.8 Å². The highest BCUT2D eigenvalue weighted by Crippen LogP contribution is 2.26. The van der Waals surface area contributed by atoms with Crippen LogP contribution in [0.3, 0.4) is 0 Å². The Balaban J connectivity index is 1.99. The highest BCUT2D eigenvalue weighted by Gasteiger charge is 2.29. The maximum atomic E-state index is 11.9. The van der Waals surface area contributed by atoms with Gasteiger partial charge in [0.25, 0.3) is 0 Å². The van der Waals surface area contributed by atoms with Crippen LogP contribution in [-0.2, 0) is 9.59 Å². The summed E-state index contributed by atoms with van der Waals surface area (Å²) >= 11 is 0. The van der Waals surface area contributed by atoms with Gasteiger partial charge >= 0.3 is 0 Å². The van der Waals surface area contributed by atoms with E-state index in [-0.39, 0.29) is 24.3 Å². The molecule has 0 spiro atoms. The molecule has 2 rings (SSSR count). The van der Waals surface area contributed by atoms with Crippen LogP contribution in [0.25, 0.3) is 0 Å². The lowest BCUT2D eigenvalue weighted by atomic mass is 10.1. The number of hydrogen-bond acceptors (Lipinski definition) is 3. The van der Waals surface area contributed by atoms with Gasteiger partial charge in [-0.25, -0.2) is 0 Å². The number of aliphatic hydroxyl groups excluding tert-OH is 1. The molecule has 0 bridgehead atoms. The maximum Gasteiger partial charge on any atom is 0.227 e. The number of benzene rings is 1. The topological polar surface area (TPSA) is 69.6 Å². The zero-order valence-electron chi connectivity index (χ0n) is 12.5. The molecule has 0 radical (unpaired) electrons. The van der Waals surface area contributed by atoms with Crippen LogP contribution in [0.1, 0.15) is 26.7 Å². The van der Waals surface area contributed by atoms with Gasteiger partial charge < -0.3 is 15.3 Å². The number of rotatable bonds is 5. The average molecular weight is 290 g/mol. The lowest BCUT2D eigenvalue weighted by Gasteiger charge is -2.17. The normalized spacial score (nSPS) is 18.4. The van der Waals surface area contributed by atoms with Crippen molar-refractivity contribution >= 4 is 23.2 Å². The van der Waals surface area contributed by atoms with E-state index in [9.17, 15) is 9.59 Å². The number of nitrogens with zero attached hydrogens (tertiary/aromatic N) is 1. The molecular formula is C16H22N2O3. The summed E-state index contributed by atoms with van der Waals surface area (Å²) in [5.74, 6) is 0.366. The van der Waals surface area contributed by atoms with Crippen LogP contribution >= 0.6 is 0 Å². The first-order valence-corrected chi connectivity index (χ1v) is 7.30. The van der Waals surface area contributed by atoms with E-state index in [0.29, 0.717) is 25.3 Å². The summed E-state index contributed by atoms with van der Waals surface area (Å²) in [6.07, 6.45) is 0.883. The van der Waals surface area contributed by atoms with Crippen molar-refractivity contribution in [1.29, 1.82) is 0 Å². The van der Waals surface area contributed by atoms with Crippen molar-refractivity contribution in [2.75, 3.05) is 23.4 Å². The van der Waals surface area contributed by atoms with Crippen LogP contribution in [0.15, 0.2) is 24.3 Å². The number of carbonyl (C=O) groups is 2. The van der Waals surface area contributed by atoms with E-state index < -0.39 is 0 Å². The predicted octanol–water partition coefficient (Wildman–Crippen LogP) is 2.02. The molecule has 1 saturated heterocycles. The minimum Gasteiger partial charge on any atom is -0.396 e. The Morgan fingerprint density at radius 2 is 2.05 bits per heavy atom. The lowest BCUT2D eigenvalue weighted by molar-refractivity contribution is -0.118. The Bertz CT molecular complexity index is 511. The standard InChI is InChI=1S/C16H22N2O3/c1-11(2)7-15(20)17-13-3-5-14(6-4-13)18-9-12(10-19)8-16(18)21/h3-6,11-12,19H,7-10H2,1-2H3,(H,17,20). The summed E-state index contributed by atoms with van der Waals surface area (Å²) in [6.45, 7) is 4.58. The first-order valence-electron chi connectivity index (χ1n) is 7.30. The van der Waals surface area contributed by atoms with Gasteiger partial charge in [0, 0.05) is 43.3 Å². The molecule has 1 unspecified atom stereocenters. The molecule has 21 heavy (non-hydrogen) atoms. The fraction of sp³-hybridized carbons (Fsp3) is 0.500.